The number of halogens is 3. The lowest BCUT2D eigenvalue weighted by Gasteiger charge is -2.32. The molecule has 14 heteroatoms. The minimum Gasteiger partial charge on any atom is -0.475 e. The smallest absolute Gasteiger partial charge is 0.475 e. The molecule has 0 aliphatic carbocycles. The fourth-order valence-corrected chi connectivity index (χ4v) is 5.18. The predicted octanol–water partition coefficient (Wildman–Crippen LogP) is 3.13. The highest BCUT2D eigenvalue weighted by atomic mass is 32.2. The van der Waals surface area contributed by atoms with Gasteiger partial charge in [0.2, 0.25) is 0 Å². The lowest BCUT2D eigenvalue weighted by atomic mass is 10.0. The summed E-state index contributed by atoms with van der Waals surface area (Å²) < 4.78 is 66.3. The van der Waals surface area contributed by atoms with E-state index in [-0.39, 0.29) is 10.8 Å². The van der Waals surface area contributed by atoms with Crippen molar-refractivity contribution in [3.05, 3.63) is 53.6 Å². The SMILES string of the molecule is CC(C)c1ccc(S(=O)(=O)Nc2cc(C(=O)N3CCOCC3)ccc2N2CCNCC2)cc1.O=C(O)C(F)(F)F. The molecule has 0 unspecified atom stereocenters. The third kappa shape index (κ3) is 8.32. The number of nitrogens with one attached hydrogen (secondary N) is 2. The number of amides is 1. The van der Waals surface area contributed by atoms with Gasteiger partial charge in [-0.2, -0.15) is 13.2 Å². The molecule has 40 heavy (non-hydrogen) atoms. The number of morpholine rings is 1. The monoisotopic (exact) mass is 586 g/mol. The number of piperazine rings is 1. The molecule has 220 valence electrons. The van der Waals surface area contributed by atoms with Crippen molar-refractivity contribution in [1.82, 2.24) is 10.2 Å². The molecule has 2 fully saturated rings. The summed E-state index contributed by atoms with van der Waals surface area (Å²) >= 11 is 0. The third-order valence-electron chi connectivity index (χ3n) is 6.34. The van der Waals surface area contributed by atoms with E-state index in [9.17, 15) is 26.4 Å². The van der Waals surface area contributed by atoms with Crippen LogP contribution in [0.1, 0.15) is 35.7 Å². The van der Waals surface area contributed by atoms with Gasteiger partial charge in [0.05, 0.1) is 29.5 Å². The second-order valence-corrected chi connectivity index (χ2v) is 11.2. The Morgan fingerprint density at radius 1 is 1.00 bits per heavy atom. The van der Waals surface area contributed by atoms with Gasteiger partial charge in [0.15, 0.2) is 0 Å². The number of benzene rings is 2. The molecule has 3 N–H and O–H groups in total. The van der Waals surface area contributed by atoms with Crippen LogP contribution in [0.5, 0.6) is 0 Å². The van der Waals surface area contributed by atoms with Crippen molar-refractivity contribution in [2.75, 3.05) is 62.1 Å². The van der Waals surface area contributed by atoms with Crippen molar-refractivity contribution in [3.8, 4) is 0 Å². The number of alkyl halides is 3. The Morgan fingerprint density at radius 2 is 1.57 bits per heavy atom. The fraction of sp³-hybridized carbons (Fsp3) is 0.462. The number of carbonyl (C=O) groups excluding carboxylic acids is 1. The lowest BCUT2D eigenvalue weighted by molar-refractivity contribution is -0.192. The molecule has 0 spiro atoms. The van der Waals surface area contributed by atoms with Gasteiger partial charge >= 0.3 is 12.1 Å². The van der Waals surface area contributed by atoms with Gasteiger partial charge in [0.25, 0.3) is 15.9 Å². The molecule has 0 atom stereocenters. The molecule has 10 nitrogen and oxygen atoms in total. The van der Waals surface area contributed by atoms with Crippen LogP contribution in [0.15, 0.2) is 47.4 Å². The van der Waals surface area contributed by atoms with E-state index >= 15 is 0 Å². The third-order valence-corrected chi connectivity index (χ3v) is 7.72. The van der Waals surface area contributed by atoms with Crippen LogP contribution in [0.25, 0.3) is 0 Å². The van der Waals surface area contributed by atoms with Crippen LogP contribution < -0.4 is 14.9 Å². The molecule has 2 aromatic rings. The molecular formula is C26H33F3N4O6S. The van der Waals surface area contributed by atoms with Gasteiger partial charge in [-0.25, -0.2) is 13.2 Å². The van der Waals surface area contributed by atoms with Crippen molar-refractivity contribution < 1.29 is 41.0 Å². The molecule has 0 aromatic heterocycles. The quantitative estimate of drug-likeness (QED) is 0.471. The van der Waals surface area contributed by atoms with E-state index in [2.05, 4.69) is 28.8 Å². The number of carbonyl (C=O) groups is 2. The number of ether oxygens (including phenoxy) is 1. The maximum Gasteiger partial charge on any atom is 0.490 e. The molecule has 2 aliphatic rings. The minimum absolute atomic E-state index is 0.119. The highest BCUT2D eigenvalue weighted by molar-refractivity contribution is 7.92. The number of anilines is 2. The number of hydrogen-bond donors (Lipinski definition) is 3. The molecule has 2 aromatic carbocycles. The summed E-state index contributed by atoms with van der Waals surface area (Å²) in [4.78, 5) is 26.0. The summed E-state index contributed by atoms with van der Waals surface area (Å²) in [6, 6.07) is 12.2. The maximum atomic E-state index is 13.2. The summed E-state index contributed by atoms with van der Waals surface area (Å²) in [5, 5.41) is 10.4. The molecule has 1 amide bonds. The van der Waals surface area contributed by atoms with Crippen LogP contribution in [-0.2, 0) is 19.6 Å². The highest BCUT2D eigenvalue weighted by Crippen LogP contribution is 2.31. The summed E-state index contributed by atoms with van der Waals surface area (Å²) in [5.74, 6) is -2.56. The van der Waals surface area contributed by atoms with Crippen molar-refractivity contribution in [2.45, 2.75) is 30.8 Å². The van der Waals surface area contributed by atoms with E-state index in [0.717, 1.165) is 37.4 Å². The second kappa shape index (κ2) is 13.3. The predicted molar refractivity (Wildman–Crippen MR) is 143 cm³/mol. The Hall–Kier alpha value is -3.36. The van der Waals surface area contributed by atoms with Gasteiger partial charge in [-0.1, -0.05) is 26.0 Å². The van der Waals surface area contributed by atoms with Crippen LogP contribution in [0.3, 0.4) is 0 Å². The molecular weight excluding hydrogens is 553 g/mol. The van der Waals surface area contributed by atoms with Gasteiger partial charge in [0.1, 0.15) is 0 Å². The van der Waals surface area contributed by atoms with Crippen molar-refractivity contribution in [3.63, 3.8) is 0 Å². The standard InChI is InChI=1S/C24H32N4O4S.C2HF3O2/c1-18(2)19-3-6-21(7-4-19)33(30,31)26-22-17-20(24(29)28-13-15-32-16-14-28)5-8-23(22)27-11-9-25-10-12-27;3-2(4,5)1(6)7/h3-8,17-18,25-26H,9-16H2,1-2H3;(H,6,7). The van der Waals surface area contributed by atoms with E-state index in [4.69, 9.17) is 14.6 Å². The highest BCUT2D eigenvalue weighted by Gasteiger charge is 2.38. The largest absolute Gasteiger partial charge is 0.490 e. The van der Waals surface area contributed by atoms with E-state index < -0.39 is 22.2 Å². The Morgan fingerprint density at radius 3 is 2.10 bits per heavy atom. The van der Waals surface area contributed by atoms with E-state index in [1.54, 1.807) is 29.2 Å². The average molecular weight is 587 g/mol. The van der Waals surface area contributed by atoms with Crippen molar-refractivity contribution >= 4 is 33.3 Å². The van der Waals surface area contributed by atoms with Crippen LogP contribution in [0.2, 0.25) is 0 Å². The van der Waals surface area contributed by atoms with E-state index in [1.165, 1.54) is 0 Å². The Balaban J connectivity index is 0.000000559. The number of carboxylic acid groups (broad SMARTS) is 1. The zero-order valence-electron chi connectivity index (χ0n) is 22.2. The molecule has 4 rings (SSSR count). The fourth-order valence-electron chi connectivity index (χ4n) is 4.12. The summed E-state index contributed by atoms with van der Waals surface area (Å²) in [6.07, 6.45) is -5.08. The van der Waals surface area contributed by atoms with Gasteiger partial charge in [-0.3, -0.25) is 9.52 Å². The number of nitrogens with zero attached hydrogens (tertiary/aromatic N) is 2. The molecule has 0 radical (unpaired) electrons. The minimum atomic E-state index is -5.08. The Labute approximate surface area is 231 Å². The van der Waals surface area contributed by atoms with Crippen LogP contribution in [-0.4, -0.2) is 89.0 Å². The summed E-state index contributed by atoms with van der Waals surface area (Å²) in [7, 11) is -3.82. The zero-order valence-corrected chi connectivity index (χ0v) is 23.0. The first-order valence-electron chi connectivity index (χ1n) is 12.7. The van der Waals surface area contributed by atoms with Crippen LogP contribution in [0.4, 0.5) is 24.5 Å². The number of hydrogen-bond acceptors (Lipinski definition) is 7. The number of carboxylic acids is 1. The molecule has 2 saturated heterocycles. The average Bonchev–Trinajstić information content (AvgIpc) is 2.93. The number of rotatable bonds is 6. The summed E-state index contributed by atoms with van der Waals surface area (Å²) in [5.41, 5.74) is 2.73. The lowest BCUT2D eigenvalue weighted by Crippen LogP contribution is -2.44. The first kappa shape index (κ1) is 31.2. The molecule has 0 saturated carbocycles. The number of aliphatic carboxylic acids is 1. The summed E-state index contributed by atoms with van der Waals surface area (Å²) in [6.45, 7) is 9.37. The maximum absolute atomic E-state index is 13.2. The van der Waals surface area contributed by atoms with E-state index in [1.807, 2.05) is 18.2 Å². The second-order valence-electron chi connectivity index (χ2n) is 9.51. The molecule has 2 heterocycles. The van der Waals surface area contributed by atoms with Crippen LogP contribution in [0, 0.1) is 0 Å². The van der Waals surface area contributed by atoms with Crippen LogP contribution >= 0.6 is 0 Å². The molecule has 2 aliphatic heterocycles. The Bertz CT molecular complexity index is 1270. The molecule has 0 bridgehead atoms. The van der Waals surface area contributed by atoms with Gasteiger partial charge in [-0.05, 0) is 41.8 Å². The number of sulfonamides is 1. The first-order chi connectivity index (χ1) is 18.8. The zero-order chi connectivity index (χ0) is 29.5. The van der Waals surface area contributed by atoms with Crippen molar-refractivity contribution in [1.29, 1.82) is 0 Å². The van der Waals surface area contributed by atoms with Gasteiger partial charge in [0, 0.05) is 44.8 Å². The van der Waals surface area contributed by atoms with Crippen molar-refractivity contribution in [2.24, 2.45) is 0 Å². The van der Waals surface area contributed by atoms with Gasteiger partial charge < -0.3 is 25.0 Å². The topological polar surface area (TPSA) is 128 Å². The normalized spacial score (nSPS) is 16.2. The first-order valence-corrected chi connectivity index (χ1v) is 14.2. The van der Waals surface area contributed by atoms with E-state index in [0.29, 0.717) is 43.5 Å². The van der Waals surface area contributed by atoms with Gasteiger partial charge in [-0.15, -0.1) is 0 Å². The Kier molecular flexibility index (Phi) is 10.4.